The molecule has 0 spiro atoms. The highest BCUT2D eigenvalue weighted by atomic mass is 19.1. The number of hydrogen-bond acceptors (Lipinski definition) is 13. The van der Waals surface area contributed by atoms with Gasteiger partial charge >= 0.3 is 18.3 Å². The Labute approximate surface area is 379 Å². The van der Waals surface area contributed by atoms with E-state index < -0.39 is 90.8 Å². The third-order valence-electron chi connectivity index (χ3n) is 8.38. The molecule has 17 nitrogen and oxygen atoms in total. The summed E-state index contributed by atoms with van der Waals surface area (Å²) in [6.07, 6.45) is -1.40. The number of hydrogen-bond donors (Lipinski definition) is 2. The van der Waals surface area contributed by atoms with E-state index in [2.05, 4.69) is 5.32 Å². The van der Waals surface area contributed by atoms with E-state index in [1.165, 1.54) is 84.7 Å². The lowest BCUT2D eigenvalue weighted by Crippen LogP contribution is -2.44. The molecular weight excluding hydrogens is 877 g/mol. The van der Waals surface area contributed by atoms with Crippen LogP contribution in [0.1, 0.15) is 86.3 Å². The topological polar surface area (TPSA) is 219 Å². The first-order valence-electron chi connectivity index (χ1n) is 20.3. The van der Waals surface area contributed by atoms with Gasteiger partial charge in [0.05, 0.1) is 27.8 Å². The molecule has 1 aliphatic heterocycles. The average Bonchev–Trinajstić information content (AvgIpc) is 3.79. The SMILES string of the molecule is C1CCOC1.CC(C)(C)OC(=O)N(Cc1ccc(F)cc1)c1ccc([N+](=O)[O-])c(N(C(=O)OC(C)(C)C)C(=O)OC(C)(C)C)c1F.Nc1c([N+](=O)[O-])ccc(NCc2ccc(F)cc2)c1F. The zero-order valence-electron chi connectivity index (χ0n) is 38.0. The fourth-order valence-electron chi connectivity index (χ4n) is 5.51. The molecule has 0 aromatic heterocycles. The Morgan fingerprint density at radius 2 is 1.09 bits per heavy atom. The van der Waals surface area contributed by atoms with Crippen LogP contribution in [0, 0.1) is 43.5 Å². The number of halogens is 4. The van der Waals surface area contributed by atoms with E-state index in [1.54, 1.807) is 32.9 Å². The molecule has 3 amide bonds. The number of rotatable bonds is 9. The molecule has 0 unspecified atom stereocenters. The Morgan fingerprint density at radius 1 is 0.652 bits per heavy atom. The fourth-order valence-corrected chi connectivity index (χ4v) is 5.51. The number of nitro benzene ring substituents is 2. The van der Waals surface area contributed by atoms with Gasteiger partial charge in [-0.1, -0.05) is 24.3 Å². The van der Waals surface area contributed by atoms with Crippen molar-refractivity contribution < 1.29 is 60.7 Å². The summed E-state index contributed by atoms with van der Waals surface area (Å²) in [4.78, 5) is 61.4. The molecule has 3 N–H and O–H groups in total. The first-order chi connectivity index (χ1) is 30.6. The maximum absolute atomic E-state index is 16.5. The molecule has 21 heteroatoms. The quantitative estimate of drug-likeness (QED) is 0.0525. The smallest absolute Gasteiger partial charge is 0.424 e. The van der Waals surface area contributed by atoms with Crippen LogP contribution in [0.3, 0.4) is 0 Å². The summed E-state index contributed by atoms with van der Waals surface area (Å²) >= 11 is 0. The lowest BCUT2D eigenvalue weighted by Gasteiger charge is -2.30. The number of ether oxygens (including phenoxy) is 4. The van der Waals surface area contributed by atoms with Crippen LogP contribution in [0.5, 0.6) is 0 Å². The van der Waals surface area contributed by atoms with Crippen molar-refractivity contribution in [3.05, 3.63) is 127 Å². The minimum Gasteiger partial charge on any atom is -0.443 e. The molecule has 1 fully saturated rings. The predicted octanol–water partition coefficient (Wildman–Crippen LogP) is 11.4. The highest BCUT2D eigenvalue weighted by Crippen LogP contribution is 2.40. The molecule has 1 saturated heterocycles. The summed E-state index contributed by atoms with van der Waals surface area (Å²) < 4.78 is 77.4. The summed E-state index contributed by atoms with van der Waals surface area (Å²) in [6.45, 7) is 15.5. The van der Waals surface area contributed by atoms with Crippen molar-refractivity contribution in [2.45, 2.75) is 105 Å². The van der Waals surface area contributed by atoms with Crippen molar-refractivity contribution >= 4 is 52.4 Å². The Morgan fingerprint density at radius 3 is 1.52 bits per heavy atom. The zero-order chi connectivity index (χ0) is 49.7. The molecular formula is C45H54F4N6O11. The summed E-state index contributed by atoms with van der Waals surface area (Å²) in [5, 5.41) is 25.3. The Hall–Kier alpha value is -7.03. The molecule has 0 saturated carbocycles. The van der Waals surface area contributed by atoms with Crippen LogP contribution in [0.4, 0.5) is 66.1 Å². The number of benzene rings is 4. The van der Waals surface area contributed by atoms with Crippen LogP contribution in [0.15, 0.2) is 72.8 Å². The normalized spacial score (nSPS) is 12.3. The Balaban J connectivity index is 0.000000377. The van der Waals surface area contributed by atoms with Crippen molar-refractivity contribution in [2.24, 2.45) is 0 Å². The highest BCUT2D eigenvalue weighted by molar-refractivity contribution is 6.12. The monoisotopic (exact) mass is 930 g/mol. The van der Waals surface area contributed by atoms with E-state index in [9.17, 15) is 47.8 Å². The first kappa shape index (κ1) is 53.3. The molecule has 358 valence electrons. The second-order valence-electron chi connectivity index (χ2n) is 17.4. The second kappa shape index (κ2) is 22.7. The van der Waals surface area contributed by atoms with E-state index in [0.717, 1.165) is 54.0 Å². The largest absolute Gasteiger partial charge is 0.443 e. The molecule has 0 aliphatic carbocycles. The van der Waals surface area contributed by atoms with Crippen LogP contribution in [0.25, 0.3) is 0 Å². The lowest BCUT2D eigenvalue weighted by molar-refractivity contribution is -0.384. The first-order valence-corrected chi connectivity index (χ1v) is 20.3. The average molecular weight is 931 g/mol. The highest BCUT2D eigenvalue weighted by Gasteiger charge is 2.41. The number of nitrogens with two attached hydrogens (primary N) is 1. The van der Waals surface area contributed by atoms with Crippen LogP contribution < -0.4 is 20.9 Å². The van der Waals surface area contributed by atoms with E-state index >= 15 is 4.39 Å². The van der Waals surface area contributed by atoms with Gasteiger partial charge < -0.3 is 30.0 Å². The third-order valence-corrected chi connectivity index (χ3v) is 8.38. The van der Waals surface area contributed by atoms with E-state index in [4.69, 9.17) is 24.7 Å². The van der Waals surface area contributed by atoms with Crippen LogP contribution >= 0.6 is 0 Å². The number of carbonyl (C=O) groups is 3. The molecule has 5 rings (SSSR count). The van der Waals surface area contributed by atoms with Crippen molar-refractivity contribution in [2.75, 3.05) is 34.1 Å². The van der Waals surface area contributed by atoms with Gasteiger partial charge in [0.2, 0.25) is 0 Å². The Kier molecular flexibility index (Phi) is 18.4. The third kappa shape index (κ3) is 16.5. The van der Waals surface area contributed by atoms with Gasteiger partial charge in [-0.25, -0.2) is 31.9 Å². The van der Waals surface area contributed by atoms with Crippen molar-refractivity contribution in [3.8, 4) is 0 Å². The fraction of sp³-hybridized carbons (Fsp3) is 0.400. The van der Waals surface area contributed by atoms with Crippen LogP contribution in [-0.2, 0) is 32.0 Å². The van der Waals surface area contributed by atoms with Gasteiger partial charge in [-0.2, -0.15) is 4.90 Å². The van der Waals surface area contributed by atoms with Gasteiger partial charge in [0.25, 0.3) is 11.4 Å². The standard InChI is InChI=1S/C28H35F2N3O8.C13H11F2N3O2.C4H8O/c1-26(2,3)39-23(34)31(16-17-10-12-18(29)13-11-17)19-14-15-20(33(37)38)22(21(19)30)32(24(35)40-27(4,5)6)25(36)41-28(7,8)9;14-9-3-1-8(2-4-9)7-17-10-5-6-11(18(19)20)13(16)12(10)15;1-2-4-5-3-1/h10-15H,16H2,1-9H3;1-6,17H,7,16H2;1-4H2. The second-order valence-corrected chi connectivity index (χ2v) is 17.4. The minimum atomic E-state index is -1.48. The van der Waals surface area contributed by atoms with Crippen molar-refractivity contribution in [1.29, 1.82) is 0 Å². The lowest BCUT2D eigenvalue weighted by atomic mass is 10.1. The molecule has 1 aliphatic rings. The molecule has 4 aromatic carbocycles. The number of nitrogens with one attached hydrogen (secondary N) is 1. The van der Waals surface area contributed by atoms with Gasteiger partial charge in [0.15, 0.2) is 17.3 Å². The van der Waals surface area contributed by atoms with E-state index in [-0.39, 0.29) is 29.5 Å². The summed E-state index contributed by atoms with van der Waals surface area (Å²) in [6, 6.07) is 14.8. The number of nitrogen functional groups attached to an aromatic ring is 1. The molecule has 0 bridgehead atoms. The summed E-state index contributed by atoms with van der Waals surface area (Å²) in [5.74, 6) is -3.27. The molecule has 0 atom stereocenters. The number of nitrogens with zero attached hydrogens (tertiary/aromatic N) is 4. The zero-order valence-corrected chi connectivity index (χ0v) is 38.0. The number of imide groups is 1. The summed E-state index contributed by atoms with van der Waals surface area (Å²) in [7, 11) is 0. The molecule has 4 aromatic rings. The van der Waals surface area contributed by atoms with Crippen molar-refractivity contribution in [1.82, 2.24) is 0 Å². The summed E-state index contributed by atoms with van der Waals surface area (Å²) in [5.41, 5.74) is -0.541. The molecule has 1 heterocycles. The maximum Gasteiger partial charge on any atom is 0.424 e. The van der Waals surface area contributed by atoms with Gasteiger partial charge in [-0.3, -0.25) is 25.1 Å². The molecule has 0 radical (unpaired) electrons. The Bertz CT molecular complexity index is 2310. The van der Waals surface area contributed by atoms with Gasteiger partial charge in [-0.15, -0.1) is 0 Å². The van der Waals surface area contributed by atoms with Crippen molar-refractivity contribution in [3.63, 3.8) is 0 Å². The maximum atomic E-state index is 16.5. The van der Waals surface area contributed by atoms with Gasteiger partial charge in [0.1, 0.15) is 34.1 Å². The van der Waals surface area contributed by atoms with Gasteiger partial charge in [-0.05, 0) is 123 Å². The van der Waals surface area contributed by atoms with Crippen LogP contribution in [-0.4, -0.2) is 58.1 Å². The predicted molar refractivity (Wildman–Crippen MR) is 238 cm³/mol. The number of nitro groups is 2. The number of carbonyl (C=O) groups excluding carboxylic acids is 3. The van der Waals surface area contributed by atoms with E-state index in [0.29, 0.717) is 5.56 Å². The minimum absolute atomic E-state index is 0.0532. The number of amides is 3. The van der Waals surface area contributed by atoms with Gasteiger partial charge in [0, 0.05) is 31.9 Å². The van der Waals surface area contributed by atoms with Crippen LogP contribution in [0.2, 0.25) is 0 Å². The number of anilines is 4. The van der Waals surface area contributed by atoms with E-state index in [1.807, 2.05) is 0 Å². The molecule has 66 heavy (non-hydrogen) atoms.